The minimum absolute atomic E-state index is 0. The molecule has 16 heavy (non-hydrogen) atoms. The summed E-state index contributed by atoms with van der Waals surface area (Å²) in [6.45, 7) is 11.5. The molecule has 0 aliphatic heterocycles. The molecule has 0 aromatic rings. The summed E-state index contributed by atoms with van der Waals surface area (Å²) in [6.07, 6.45) is 2.72. The second-order valence-corrected chi connectivity index (χ2v) is 3.10. The standard InChI is InChI=1S/C11H23N3O.HI/c1-4-7-9-15-10-8-13-11(12)14(5-2)6-3;/h4H,1,5-10H2,2-3H3,(H2,12,13);1H. The van der Waals surface area contributed by atoms with E-state index in [2.05, 4.69) is 25.4 Å². The van der Waals surface area contributed by atoms with E-state index in [1.807, 2.05) is 11.0 Å². The van der Waals surface area contributed by atoms with Crippen molar-refractivity contribution in [2.75, 3.05) is 32.8 Å². The first-order chi connectivity index (χ1) is 7.26. The third kappa shape index (κ3) is 8.96. The highest BCUT2D eigenvalue weighted by Gasteiger charge is 2.00. The molecule has 0 heterocycles. The Kier molecular flexibility index (Phi) is 14.4. The molecule has 0 fully saturated rings. The van der Waals surface area contributed by atoms with Crippen molar-refractivity contribution >= 4 is 29.9 Å². The molecule has 0 atom stereocenters. The quantitative estimate of drug-likeness (QED) is 0.241. The third-order valence-corrected chi connectivity index (χ3v) is 2.06. The lowest BCUT2D eigenvalue weighted by molar-refractivity contribution is 0.146. The maximum absolute atomic E-state index is 5.78. The highest BCUT2D eigenvalue weighted by atomic mass is 127. The number of nitrogens with zero attached hydrogens (tertiary/aromatic N) is 2. The van der Waals surface area contributed by atoms with Gasteiger partial charge in [0.1, 0.15) is 0 Å². The van der Waals surface area contributed by atoms with Gasteiger partial charge in [-0.25, -0.2) is 0 Å². The summed E-state index contributed by atoms with van der Waals surface area (Å²) < 4.78 is 5.32. The Balaban J connectivity index is 0. The first-order valence-electron chi connectivity index (χ1n) is 5.49. The average Bonchev–Trinajstić information content (AvgIpc) is 2.25. The normalized spacial score (nSPS) is 10.8. The monoisotopic (exact) mass is 341 g/mol. The second kappa shape index (κ2) is 12.8. The SMILES string of the molecule is C=CCCOCCN=C(N)N(CC)CC.I. The topological polar surface area (TPSA) is 50.9 Å². The van der Waals surface area contributed by atoms with Gasteiger partial charge in [0.2, 0.25) is 0 Å². The Hall–Kier alpha value is -0.300. The molecule has 0 aromatic heterocycles. The molecule has 0 aromatic carbocycles. The van der Waals surface area contributed by atoms with Crippen LogP contribution in [0, 0.1) is 0 Å². The molecule has 0 saturated heterocycles. The van der Waals surface area contributed by atoms with Crippen LogP contribution in [0.4, 0.5) is 0 Å². The highest BCUT2D eigenvalue weighted by molar-refractivity contribution is 14.0. The first kappa shape index (κ1) is 18.1. The van der Waals surface area contributed by atoms with E-state index in [0.717, 1.165) is 19.5 Å². The Morgan fingerprint density at radius 2 is 2.00 bits per heavy atom. The number of nitrogens with two attached hydrogens (primary N) is 1. The van der Waals surface area contributed by atoms with Crippen LogP contribution in [0.1, 0.15) is 20.3 Å². The smallest absolute Gasteiger partial charge is 0.191 e. The van der Waals surface area contributed by atoms with Gasteiger partial charge >= 0.3 is 0 Å². The van der Waals surface area contributed by atoms with Crippen LogP contribution in [-0.4, -0.2) is 43.7 Å². The van der Waals surface area contributed by atoms with Crippen molar-refractivity contribution in [3.05, 3.63) is 12.7 Å². The van der Waals surface area contributed by atoms with Gasteiger partial charge in [-0.3, -0.25) is 4.99 Å². The predicted octanol–water partition coefficient (Wildman–Crippen LogP) is 1.85. The van der Waals surface area contributed by atoms with Gasteiger partial charge in [-0.1, -0.05) is 6.08 Å². The lowest BCUT2D eigenvalue weighted by Gasteiger charge is -2.19. The lowest BCUT2D eigenvalue weighted by Crippen LogP contribution is -2.37. The summed E-state index contributed by atoms with van der Waals surface area (Å²) >= 11 is 0. The van der Waals surface area contributed by atoms with Gasteiger partial charge in [-0.05, 0) is 20.3 Å². The van der Waals surface area contributed by atoms with Crippen molar-refractivity contribution in [2.45, 2.75) is 20.3 Å². The van der Waals surface area contributed by atoms with Crippen molar-refractivity contribution in [3.63, 3.8) is 0 Å². The van der Waals surface area contributed by atoms with Gasteiger partial charge in [0.25, 0.3) is 0 Å². The molecule has 0 spiro atoms. The second-order valence-electron chi connectivity index (χ2n) is 3.10. The maximum Gasteiger partial charge on any atom is 0.191 e. The van der Waals surface area contributed by atoms with Gasteiger partial charge in [0.05, 0.1) is 19.8 Å². The van der Waals surface area contributed by atoms with Gasteiger partial charge in [0, 0.05) is 13.1 Å². The molecule has 0 amide bonds. The fourth-order valence-corrected chi connectivity index (χ4v) is 1.14. The number of rotatable bonds is 8. The number of guanidine groups is 1. The molecule has 0 radical (unpaired) electrons. The number of hydrogen-bond donors (Lipinski definition) is 1. The molecular formula is C11H24IN3O. The van der Waals surface area contributed by atoms with E-state index in [4.69, 9.17) is 10.5 Å². The predicted molar refractivity (Wildman–Crippen MR) is 80.5 cm³/mol. The first-order valence-corrected chi connectivity index (χ1v) is 5.49. The number of ether oxygens (including phenoxy) is 1. The molecule has 5 heteroatoms. The van der Waals surface area contributed by atoms with Crippen LogP contribution >= 0.6 is 24.0 Å². The Labute approximate surface area is 116 Å². The number of halogens is 1. The molecule has 0 rings (SSSR count). The summed E-state index contributed by atoms with van der Waals surface area (Å²) in [5, 5.41) is 0. The molecule has 2 N–H and O–H groups in total. The number of aliphatic imine (C=N–C) groups is 1. The van der Waals surface area contributed by atoms with E-state index >= 15 is 0 Å². The summed E-state index contributed by atoms with van der Waals surface area (Å²) in [5.41, 5.74) is 5.78. The summed E-state index contributed by atoms with van der Waals surface area (Å²) in [5.74, 6) is 0.604. The van der Waals surface area contributed by atoms with Crippen LogP contribution in [0.25, 0.3) is 0 Å². The van der Waals surface area contributed by atoms with Crippen LogP contribution in [0.2, 0.25) is 0 Å². The largest absolute Gasteiger partial charge is 0.379 e. The van der Waals surface area contributed by atoms with Crippen molar-refractivity contribution < 1.29 is 4.74 Å². The zero-order valence-electron chi connectivity index (χ0n) is 10.3. The molecular weight excluding hydrogens is 317 g/mol. The highest BCUT2D eigenvalue weighted by Crippen LogP contribution is 1.88. The van der Waals surface area contributed by atoms with Crippen molar-refractivity contribution in [1.29, 1.82) is 0 Å². The molecule has 0 saturated carbocycles. The van der Waals surface area contributed by atoms with Crippen molar-refractivity contribution in [2.24, 2.45) is 10.7 Å². The average molecular weight is 341 g/mol. The third-order valence-electron chi connectivity index (χ3n) is 2.06. The van der Waals surface area contributed by atoms with Gasteiger partial charge < -0.3 is 15.4 Å². The Morgan fingerprint density at radius 3 is 2.50 bits per heavy atom. The van der Waals surface area contributed by atoms with Gasteiger partial charge in [-0.2, -0.15) is 0 Å². The van der Waals surface area contributed by atoms with Crippen LogP contribution in [0.15, 0.2) is 17.6 Å². The zero-order valence-corrected chi connectivity index (χ0v) is 12.6. The Morgan fingerprint density at radius 1 is 1.38 bits per heavy atom. The molecule has 4 nitrogen and oxygen atoms in total. The number of hydrogen-bond acceptors (Lipinski definition) is 2. The Bertz CT molecular complexity index is 194. The van der Waals surface area contributed by atoms with E-state index in [-0.39, 0.29) is 24.0 Å². The van der Waals surface area contributed by atoms with Crippen LogP contribution in [0.5, 0.6) is 0 Å². The fourth-order valence-electron chi connectivity index (χ4n) is 1.14. The summed E-state index contributed by atoms with van der Waals surface area (Å²) in [6, 6.07) is 0. The van der Waals surface area contributed by atoms with Crippen LogP contribution in [0.3, 0.4) is 0 Å². The molecule has 0 aliphatic rings. The minimum atomic E-state index is 0. The van der Waals surface area contributed by atoms with E-state index in [0.29, 0.717) is 25.7 Å². The van der Waals surface area contributed by atoms with Crippen molar-refractivity contribution in [3.8, 4) is 0 Å². The lowest BCUT2D eigenvalue weighted by atomic mass is 10.4. The minimum Gasteiger partial charge on any atom is -0.379 e. The van der Waals surface area contributed by atoms with Crippen LogP contribution < -0.4 is 5.73 Å². The van der Waals surface area contributed by atoms with E-state index in [9.17, 15) is 0 Å². The van der Waals surface area contributed by atoms with E-state index in [1.165, 1.54) is 0 Å². The molecule has 0 bridgehead atoms. The summed E-state index contributed by atoms with van der Waals surface area (Å²) in [4.78, 5) is 6.25. The van der Waals surface area contributed by atoms with Crippen molar-refractivity contribution in [1.82, 2.24) is 4.90 Å². The van der Waals surface area contributed by atoms with Crippen LogP contribution in [-0.2, 0) is 4.74 Å². The zero-order chi connectivity index (χ0) is 11.5. The molecule has 96 valence electrons. The van der Waals surface area contributed by atoms with Gasteiger partial charge in [-0.15, -0.1) is 30.6 Å². The fraction of sp³-hybridized carbons (Fsp3) is 0.727. The van der Waals surface area contributed by atoms with Gasteiger partial charge in [0.15, 0.2) is 5.96 Å². The maximum atomic E-state index is 5.78. The summed E-state index contributed by atoms with van der Waals surface area (Å²) in [7, 11) is 0. The van der Waals surface area contributed by atoms with E-state index in [1.54, 1.807) is 0 Å². The molecule has 0 aliphatic carbocycles. The van der Waals surface area contributed by atoms with E-state index < -0.39 is 0 Å². The molecule has 0 unspecified atom stereocenters.